The van der Waals surface area contributed by atoms with Gasteiger partial charge in [0.05, 0.1) is 6.10 Å². The van der Waals surface area contributed by atoms with Gasteiger partial charge >= 0.3 is 6.09 Å². The van der Waals surface area contributed by atoms with Gasteiger partial charge in [0.2, 0.25) is 0 Å². The molecule has 120 valence electrons. The van der Waals surface area contributed by atoms with Crippen molar-refractivity contribution in [2.45, 2.75) is 87.3 Å². The van der Waals surface area contributed by atoms with Crippen LogP contribution < -0.4 is 0 Å². The molecule has 0 radical (unpaired) electrons. The van der Waals surface area contributed by atoms with E-state index >= 15 is 0 Å². The van der Waals surface area contributed by atoms with Crippen molar-refractivity contribution in [2.75, 3.05) is 6.54 Å². The maximum Gasteiger partial charge on any atom is 0.410 e. The standard InChI is InChI=1S/C17H35NO2/c1-13(2)20-14(19)18(12-16(6,7)8)17(9,10)11-15(3,4)5/h13H,11-12H2,1-10H3. The summed E-state index contributed by atoms with van der Waals surface area (Å²) in [6, 6.07) is 0. The van der Waals surface area contributed by atoms with E-state index in [2.05, 4.69) is 55.4 Å². The maximum absolute atomic E-state index is 12.5. The smallest absolute Gasteiger partial charge is 0.410 e. The molecule has 0 aliphatic heterocycles. The molecule has 0 unspecified atom stereocenters. The zero-order valence-corrected chi connectivity index (χ0v) is 15.3. The fraction of sp³-hybridized carbons (Fsp3) is 0.941. The summed E-state index contributed by atoms with van der Waals surface area (Å²) in [5.74, 6) is 0. The minimum atomic E-state index is -0.225. The van der Waals surface area contributed by atoms with E-state index in [1.54, 1.807) is 0 Å². The lowest BCUT2D eigenvalue weighted by Gasteiger charge is -2.44. The molecule has 1 amide bonds. The van der Waals surface area contributed by atoms with Crippen LogP contribution in [0, 0.1) is 10.8 Å². The molecule has 0 aliphatic rings. The van der Waals surface area contributed by atoms with Crippen molar-refractivity contribution in [1.29, 1.82) is 0 Å². The quantitative estimate of drug-likeness (QED) is 0.719. The third-order valence-corrected chi connectivity index (χ3v) is 2.88. The van der Waals surface area contributed by atoms with Crippen molar-refractivity contribution < 1.29 is 9.53 Å². The number of hydrogen-bond donors (Lipinski definition) is 0. The van der Waals surface area contributed by atoms with Gasteiger partial charge < -0.3 is 9.64 Å². The number of rotatable bonds is 4. The summed E-state index contributed by atoms with van der Waals surface area (Å²) in [5.41, 5.74) is -0.0135. The number of nitrogens with zero attached hydrogens (tertiary/aromatic N) is 1. The summed E-state index contributed by atoms with van der Waals surface area (Å²) in [4.78, 5) is 14.4. The molecule has 0 spiro atoms. The topological polar surface area (TPSA) is 29.5 Å². The summed E-state index contributed by atoms with van der Waals surface area (Å²) in [6.07, 6.45) is 0.642. The molecule has 0 saturated carbocycles. The van der Waals surface area contributed by atoms with Crippen molar-refractivity contribution in [3.63, 3.8) is 0 Å². The van der Waals surface area contributed by atoms with Crippen molar-refractivity contribution >= 4 is 6.09 Å². The van der Waals surface area contributed by atoms with E-state index < -0.39 is 0 Å². The monoisotopic (exact) mass is 285 g/mol. The first-order chi connectivity index (χ1) is 8.64. The van der Waals surface area contributed by atoms with Gasteiger partial charge in [-0.1, -0.05) is 41.5 Å². The molecule has 0 saturated heterocycles. The summed E-state index contributed by atoms with van der Waals surface area (Å²) in [5, 5.41) is 0. The second-order valence-electron chi connectivity index (χ2n) is 9.13. The Bertz CT molecular complexity index is 319. The molecule has 0 N–H and O–H groups in total. The number of carbonyl (C=O) groups is 1. The Kier molecular flexibility index (Phi) is 6.13. The van der Waals surface area contributed by atoms with Gasteiger partial charge in [-0.2, -0.15) is 0 Å². The number of ether oxygens (including phenoxy) is 1. The summed E-state index contributed by atoms with van der Waals surface area (Å²) >= 11 is 0. The lowest BCUT2D eigenvalue weighted by Crippen LogP contribution is -2.53. The number of carbonyl (C=O) groups excluding carboxylic acids is 1. The Morgan fingerprint density at radius 1 is 0.950 bits per heavy atom. The predicted octanol–water partition coefficient (Wildman–Crippen LogP) is 5.09. The summed E-state index contributed by atoms with van der Waals surface area (Å²) in [6.45, 7) is 21.8. The molecule has 0 rings (SSSR count). The van der Waals surface area contributed by atoms with E-state index in [0.29, 0.717) is 6.54 Å². The first-order valence-electron chi connectivity index (χ1n) is 7.62. The minimum Gasteiger partial charge on any atom is -0.447 e. The van der Waals surface area contributed by atoms with Crippen molar-refractivity contribution in [3.05, 3.63) is 0 Å². The Balaban J connectivity index is 5.24. The van der Waals surface area contributed by atoms with Crippen LogP contribution in [0.5, 0.6) is 0 Å². The van der Waals surface area contributed by atoms with E-state index in [1.165, 1.54) is 0 Å². The molecule has 0 bridgehead atoms. The number of amides is 1. The van der Waals surface area contributed by atoms with Gasteiger partial charge in [-0.3, -0.25) is 0 Å². The molecule has 0 aromatic rings. The van der Waals surface area contributed by atoms with Gasteiger partial charge in [0.1, 0.15) is 0 Å². The molecule has 0 fully saturated rings. The fourth-order valence-corrected chi connectivity index (χ4v) is 2.66. The van der Waals surface area contributed by atoms with Gasteiger partial charge in [-0.05, 0) is 44.9 Å². The van der Waals surface area contributed by atoms with E-state index in [4.69, 9.17) is 4.74 Å². The van der Waals surface area contributed by atoms with Crippen LogP contribution in [0.1, 0.15) is 75.7 Å². The van der Waals surface area contributed by atoms with E-state index in [0.717, 1.165) is 6.42 Å². The normalized spacial score (nSPS) is 13.6. The minimum absolute atomic E-state index is 0.0468. The van der Waals surface area contributed by atoms with Gasteiger partial charge in [0.25, 0.3) is 0 Å². The fourth-order valence-electron chi connectivity index (χ4n) is 2.66. The Hall–Kier alpha value is -0.730. The average Bonchev–Trinajstić information content (AvgIpc) is 2.06. The molecule has 0 atom stereocenters. The first-order valence-corrected chi connectivity index (χ1v) is 7.62. The highest BCUT2D eigenvalue weighted by atomic mass is 16.6. The Morgan fingerprint density at radius 2 is 1.40 bits per heavy atom. The third-order valence-electron chi connectivity index (χ3n) is 2.88. The van der Waals surface area contributed by atoms with Crippen LogP contribution in [0.4, 0.5) is 4.79 Å². The van der Waals surface area contributed by atoms with Gasteiger partial charge in [0, 0.05) is 12.1 Å². The van der Waals surface area contributed by atoms with Crippen LogP contribution >= 0.6 is 0 Å². The lowest BCUT2D eigenvalue weighted by atomic mass is 9.80. The lowest BCUT2D eigenvalue weighted by molar-refractivity contribution is 0.0151. The average molecular weight is 285 g/mol. The van der Waals surface area contributed by atoms with Crippen LogP contribution in [0.15, 0.2) is 0 Å². The van der Waals surface area contributed by atoms with Crippen molar-refractivity contribution in [3.8, 4) is 0 Å². The molecule has 0 aromatic heterocycles. The maximum atomic E-state index is 12.5. The van der Waals surface area contributed by atoms with E-state index in [9.17, 15) is 4.79 Å². The SMILES string of the molecule is CC(C)OC(=O)N(CC(C)(C)C)C(C)(C)CC(C)(C)C. The van der Waals surface area contributed by atoms with Crippen molar-refractivity contribution in [2.24, 2.45) is 10.8 Å². The Morgan fingerprint density at radius 3 is 1.70 bits per heavy atom. The molecular formula is C17H35NO2. The van der Waals surface area contributed by atoms with Crippen LogP contribution in [0.25, 0.3) is 0 Å². The molecular weight excluding hydrogens is 250 g/mol. The third kappa shape index (κ3) is 7.76. The molecule has 0 aliphatic carbocycles. The highest BCUT2D eigenvalue weighted by Gasteiger charge is 2.37. The largest absolute Gasteiger partial charge is 0.447 e. The van der Waals surface area contributed by atoms with Crippen LogP contribution in [-0.4, -0.2) is 29.2 Å². The predicted molar refractivity (Wildman–Crippen MR) is 85.9 cm³/mol. The van der Waals surface area contributed by atoms with E-state index in [1.807, 2.05) is 18.7 Å². The van der Waals surface area contributed by atoms with Gasteiger partial charge in [-0.25, -0.2) is 4.79 Å². The second kappa shape index (κ2) is 6.36. The molecule has 3 heteroatoms. The Labute approximate surface area is 126 Å². The first kappa shape index (κ1) is 19.3. The summed E-state index contributed by atoms with van der Waals surface area (Å²) < 4.78 is 5.45. The van der Waals surface area contributed by atoms with Gasteiger partial charge in [0.15, 0.2) is 0 Å². The highest BCUT2D eigenvalue weighted by molar-refractivity contribution is 5.69. The van der Waals surface area contributed by atoms with Crippen LogP contribution in [0.2, 0.25) is 0 Å². The van der Waals surface area contributed by atoms with Crippen LogP contribution in [0.3, 0.4) is 0 Å². The molecule has 0 aromatic carbocycles. The van der Waals surface area contributed by atoms with Crippen LogP contribution in [-0.2, 0) is 4.74 Å². The molecule has 3 nitrogen and oxygen atoms in total. The zero-order chi connectivity index (χ0) is 16.4. The second-order valence-corrected chi connectivity index (χ2v) is 9.13. The highest BCUT2D eigenvalue weighted by Crippen LogP contribution is 2.33. The molecule has 0 heterocycles. The molecule has 20 heavy (non-hydrogen) atoms. The zero-order valence-electron chi connectivity index (χ0n) is 15.3. The van der Waals surface area contributed by atoms with Gasteiger partial charge in [-0.15, -0.1) is 0 Å². The number of hydrogen-bond acceptors (Lipinski definition) is 2. The van der Waals surface area contributed by atoms with E-state index in [-0.39, 0.29) is 28.6 Å². The van der Waals surface area contributed by atoms with Crippen molar-refractivity contribution in [1.82, 2.24) is 4.90 Å². The summed E-state index contributed by atoms with van der Waals surface area (Å²) in [7, 11) is 0.